The molecule has 7 heteroatoms. The molecule has 22 heavy (non-hydrogen) atoms. The Morgan fingerprint density at radius 3 is 2.86 bits per heavy atom. The maximum Gasteiger partial charge on any atom is 0.251 e. The van der Waals surface area contributed by atoms with Crippen molar-refractivity contribution in [2.24, 2.45) is 0 Å². The van der Waals surface area contributed by atoms with Crippen LogP contribution < -0.4 is 10.9 Å². The van der Waals surface area contributed by atoms with Gasteiger partial charge in [0, 0.05) is 23.0 Å². The molecule has 116 valence electrons. The van der Waals surface area contributed by atoms with Crippen LogP contribution in [0.4, 0.5) is 5.69 Å². The van der Waals surface area contributed by atoms with E-state index in [0.717, 1.165) is 5.56 Å². The van der Waals surface area contributed by atoms with Gasteiger partial charge in [-0.1, -0.05) is 36.4 Å². The van der Waals surface area contributed by atoms with Crippen LogP contribution in [0.3, 0.4) is 0 Å². The lowest BCUT2D eigenvalue weighted by Crippen LogP contribution is -2.25. The van der Waals surface area contributed by atoms with E-state index in [1.165, 1.54) is 24.0 Å². The molecule has 0 aliphatic rings. The first kappa shape index (κ1) is 16.6. The van der Waals surface area contributed by atoms with Gasteiger partial charge in [0.15, 0.2) is 5.16 Å². The van der Waals surface area contributed by atoms with E-state index >= 15 is 0 Å². The molecule has 0 saturated heterocycles. The number of rotatable bonds is 5. The van der Waals surface area contributed by atoms with Crippen molar-refractivity contribution in [2.75, 3.05) is 5.32 Å². The van der Waals surface area contributed by atoms with E-state index in [1.54, 1.807) is 12.1 Å². The monoisotopic (exact) mass is 337 g/mol. The van der Waals surface area contributed by atoms with Gasteiger partial charge in [0.25, 0.3) is 5.56 Å². The van der Waals surface area contributed by atoms with Gasteiger partial charge in [0.2, 0.25) is 5.91 Å². The molecule has 1 aromatic heterocycles. The maximum atomic E-state index is 12.3. The number of nitrogens with one attached hydrogen (secondary N) is 2. The molecule has 1 aromatic carbocycles. The van der Waals surface area contributed by atoms with Gasteiger partial charge in [-0.2, -0.15) is 0 Å². The SMILES string of the molecule is CCC(Sc1nccc(=O)[nH]1)C(=O)Nc1ccc(C)c(Cl)c1. The molecule has 0 radical (unpaired) electrons. The molecule has 1 atom stereocenters. The summed E-state index contributed by atoms with van der Waals surface area (Å²) in [5, 5.41) is 3.51. The number of anilines is 1. The topological polar surface area (TPSA) is 74.8 Å². The molecule has 2 rings (SSSR count). The second-order valence-electron chi connectivity index (χ2n) is 4.71. The van der Waals surface area contributed by atoms with Crippen LogP contribution >= 0.6 is 23.4 Å². The van der Waals surface area contributed by atoms with Crippen molar-refractivity contribution in [2.45, 2.75) is 30.7 Å². The Labute approximate surface area is 137 Å². The van der Waals surface area contributed by atoms with E-state index in [9.17, 15) is 9.59 Å². The predicted octanol–water partition coefficient (Wildman–Crippen LogP) is 3.24. The molecular formula is C15H16ClN3O2S. The number of aryl methyl sites for hydroxylation is 1. The Balaban J connectivity index is 2.08. The summed E-state index contributed by atoms with van der Waals surface area (Å²) in [7, 11) is 0. The normalized spacial score (nSPS) is 12.0. The summed E-state index contributed by atoms with van der Waals surface area (Å²) in [6.45, 7) is 3.80. The van der Waals surface area contributed by atoms with Crippen molar-refractivity contribution < 1.29 is 4.79 Å². The molecule has 1 amide bonds. The van der Waals surface area contributed by atoms with Gasteiger partial charge >= 0.3 is 0 Å². The van der Waals surface area contributed by atoms with Crippen molar-refractivity contribution >= 4 is 35.0 Å². The highest BCUT2D eigenvalue weighted by Crippen LogP contribution is 2.24. The highest BCUT2D eigenvalue weighted by atomic mass is 35.5. The number of halogens is 1. The summed E-state index contributed by atoms with van der Waals surface area (Å²) in [6, 6.07) is 6.70. The van der Waals surface area contributed by atoms with Crippen LogP contribution in [0.2, 0.25) is 5.02 Å². The maximum absolute atomic E-state index is 12.3. The minimum absolute atomic E-state index is 0.154. The number of carbonyl (C=O) groups is 1. The lowest BCUT2D eigenvalue weighted by molar-refractivity contribution is -0.115. The fourth-order valence-corrected chi connectivity index (χ4v) is 2.83. The number of thioether (sulfide) groups is 1. The number of nitrogens with zero attached hydrogens (tertiary/aromatic N) is 1. The Morgan fingerprint density at radius 1 is 1.45 bits per heavy atom. The summed E-state index contributed by atoms with van der Waals surface area (Å²) < 4.78 is 0. The second-order valence-corrected chi connectivity index (χ2v) is 6.31. The summed E-state index contributed by atoms with van der Waals surface area (Å²) in [5.74, 6) is -0.154. The molecule has 0 aliphatic carbocycles. The highest BCUT2D eigenvalue weighted by molar-refractivity contribution is 8.00. The predicted molar refractivity (Wildman–Crippen MR) is 89.6 cm³/mol. The van der Waals surface area contributed by atoms with Crippen LogP contribution in [0.5, 0.6) is 0 Å². The molecule has 2 aromatic rings. The van der Waals surface area contributed by atoms with Gasteiger partial charge in [-0.3, -0.25) is 9.59 Å². The van der Waals surface area contributed by atoms with Crippen LogP contribution in [0.15, 0.2) is 40.4 Å². The molecule has 0 spiro atoms. The molecular weight excluding hydrogens is 322 g/mol. The van der Waals surface area contributed by atoms with Crippen LogP contribution in [0, 0.1) is 6.92 Å². The smallest absolute Gasteiger partial charge is 0.251 e. The Kier molecular flexibility index (Phi) is 5.63. The number of benzene rings is 1. The minimum atomic E-state index is -0.356. The average Bonchev–Trinajstić information content (AvgIpc) is 2.48. The zero-order chi connectivity index (χ0) is 16.1. The number of amides is 1. The van der Waals surface area contributed by atoms with Crippen molar-refractivity contribution in [3.63, 3.8) is 0 Å². The quantitative estimate of drug-likeness (QED) is 0.648. The molecule has 1 unspecified atom stereocenters. The van der Waals surface area contributed by atoms with E-state index < -0.39 is 0 Å². The van der Waals surface area contributed by atoms with E-state index in [4.69, 9.17) is 11.6 Å². The van der Waals surface area contributed by atoms with Gasteiger partial charge in [-0.15, -0.1) is 0 Å². The lowest BCUT2D eigenvalue weighted by atomic mass is 10.2. The lowest BCUT2D eigenvalue weighted by Gasteiger charge is -2.14. The molecule has 0 bridgehead atoms. The van der Waals surface area contributed by atoms with Gasteiger partial charge < -0.3 is 10.3 Å². The summed E-state index contributed by atoms with van der Waals surface area (Å²) in [6.07, 6.45) is 2.03. The fraction of sp³-hybridized carbons (Fsp3) is 0.267. The summed E-state index contributed by atoms with van der Waals surface area (Å²) in [4.78, 5) is 30.3. The first-order valence-electron chi connectivity index (χ1n) is 6.78. The molecule has 0 aliphatic heterocycles. The van der Waals surface area contributed by atoms with E-state index in [-0.39, 0.29) is 16.7 Å². The first-order valence-corrected chi connectivity index (χ1v) is 8.04. The Morgan fingerprint density at radius 2 is 2.23 bits per heavy atom. The average molecular weight is 338 g/mol. The standard InChI is InChI=1S/C15H16ClN3O2S/c1-3-12(22-15-17-7-6-13(20)19-15)14(21)18-10-5-4-9(2)11(16)8-10/h4-8,12H,3H2,1-2H3,(H,18,21)(H,17,19,20). The zero-order valence-electron chi connectivity index (χ0n) is 12.2. The Bertz CT molecular complexity index is 733. The minimum Gasteiger partial charge on any atom is -0.325 e. The first-order chi connectivity index (χ1) is 10.5. The number of hydrogen-bond donors (Lipinski definition) is 2. The molecule has 1 heterocycles. The van der Waals surface area contributed by atoms with E-state index in [0.29, 0.717) is 22.3 Å². The van der Waals surface area contributed by atoms with Gasteiger partial charge in [0.05, 0.1) is 5.25 Å². The third-order valence-electron chi connectivity index (χ3n) is 3.00. The van der Waals surface area contributed by atoms with Crippen molar-refractivity contribution in [1.82, 2.24) is 9.97 Å². The van der Waals surface area contributed by atoms with Crippen molar-refractivity contribution in [3.8, 4) is 0 Å². The van der Waals surface area contributed by atoms with Gasteiger partial charge in [-0.25, -0.2) is 4.98 Å². The molecule has 2 N–H and O–H groups in total. The van der Waals surface area contributed by atoms with E-state index in [1.807, 2.05) is 19.9 Å². The van der Waals surface area contributed by atoms with Crippen molar-refractivity contribution in [1.29, 1.82) is 0 Å². The number of aromatic amines is 1. The van der Waals surface area contributed by atoms with Crippen molar-refractivity contribution in [3.05, 3.63) is 51.4 Å². The summed E-state index contributed by atoms with van der Waals surface area (Å²) in [5.41, 5.74) is 1.36. The second kappa shape index (κ2) is 7.47. The number of H-pyrrole nitrogens is 1. The van der Waals surface area contributed by atoms with Crippen LogP contribution in [0.1, 0.15) is 18.9 Å². The number of carbonyl (C=O) groups excluding carboxylic acids is 1. The van der Waals surface area contributed by atoms with Crippen LogP contribution in [-0.2, 0) is 4.79 Å². The fourth-order valence-electron chi connectivity index (χ4n) is 1.76. The summed E-state index contributed by atoms with van der Waals surface area (Å²) >= 11 is 7.28. The number of aromatic nitrogens is 2. The van der Waals surface area contributed by atoms with Gasteiger partial charge in [-0.05, 0) is 31.0 Å². The number of hydrogen-bond acceptors (Lipinski definition) is 4. The molecule has 0 fully saturated rings. The molecule has 5 nitrogen and oxygen atoms in total. The van der Waals surface area contributed by atoms with Crippen LogP contribution in [0.25, 0.3) is 0 Å². The largest absolute Gasteiger partial charge is 0.325 e. The highest BCUT2D eigenvalue weighted by Gasteiger charge is 2.19. The van der Waals surface area contributed by atoms with E-state index in [2.05, 4.69) is 15.3 Å². The van der Waals surface area contributed by atoms with Gasteiger partial charge in [0.1, 0.15) is 0 Å². The van der Waals surface area contributed by atoms with Crippen LogP contribution in [-0.4, -0.2) is 21.1 Å². The third-order valence-corrected chi connectivity index (χ3v) is 4.67. The molecule has 0 saturated carbocycles. The zero-order valence-corrected chi connectivity index (χ0v) is 13.8. The third kappa shape index (κ3) is 4.35. The Hall–Kier alpha value is -1.79.